The van der Waals surface area contributed by atoms with Gasteiger partial charge in [-0.15, -0.1) is 0 Å². The van der Waals surface area contributed by atoms with E-state index in [1.807, 2.05) is 31.2 Å². The molecule has 0 bridgehead atoms. The summed E-state index contributed by atoms with van der Waals surface area (Å²) in [6.45, 7) is 2.73. The van der Waals surface area contributed by atoms with E-state index in [0.29, 0.717) is 19.4 Å². The van der Waals surface area contributed by atoms with E-state index in [0.717, 1.165) is 22.2 Å². The first-order valence-corrected chi connectivity index (χ1v) is 7.76. The molecule has 0 amide bonds. The molecule has 23 heavy (non-hydrogen) atoms. The molecular weight excluding hydrogens is 296 g/mol. The van der Waals surface area contributed by atoms with E-state index in [4.69, 9.17) is 0 Å². The van der Waals surface area contributed by atoms with Crippen molar-refractivity contribution in [1.29, 1.82) is 0 Å². The Morgan fingerprint density at radius 1 is 1.30 bits per heavy atom. The van der Waals surface area contributed by atoms with Crippen LogP contribution in [0.15, 0.2) is 24.3 Å². The highest BCUT2D eigenvalue weighted by Crippen LogP contribution is 2.34. The van der Waals surface area contributed by atoms with Crippen LogP contribution in [0.5, 0.6) is 0 Å². The van der Waals surface area contributed by atoms with Gasteiger partial charge in [-0.3, -0.25) is 14.5 Å². The van der Waals surface area contributed by atoms with Gasteiger partial charge in [-0.1, -0.05) is 18.2 Å². The maximum absolute atomic E-state index is 12.0. The van der Waals surface area contributed by atoms with E-state index in [-0.39, 0.29) is 6.54 Å². The number of piperidine rings is 1. The summed E-state index contributed by atoms with van der Waals surface area (Å²) >= 11 is 0. The number of hydrogen-bond acceptors (Lipinski definition) is 3. The summed E-state index contributed by atoms with van der Waals surface area (Å²) in [5, 5.41) is 19.9. The lowest BCUT2D eigenvalue weighted by Gasteiger charge is -2.35. The first kappa shape index (κ1) is 15.6. The van der Waals surface area contributed by atoms with Crippen LogP contribution in [0, 0.1) is 12.8 Å². The Balaban J connectivity index is 2.03. The number of hydrogen-bond donors (Lipinski definition) is 3. The van der Waals surface area contributed by atoms with Crippen molar-refractivity contribution in [3.8, 4) is 0 Å². The molecule has 0 aliphatic carbocycles. The molecule has 6 nitrogen and oxygen atoms in total. The Labute approximate surface area is 133 Å². The van der Waals surface area contributed by atoms with Gasteiger partial charge in [0.2, 0.25) is 0 Å². The zero-order valence-electron chi connectivity index (χ0n) is 13.0. The molecule has 6 heteroatoms. The van der Waals surface area contributed by atoms with Crippen LogP contribution in [0.25, 0.3) is 10.9 Å². The van der Waals surface area contributed by atoms with Crippen LogP contribution in [0.3, 0.4) is 0 Å². The van der Waals surface area contributed by atoms with Crippen molar-refractivity contribution in [3.05, 3.63) is 35.5 Å². The van der Waals surface area contributed by atoms with Gasteiger partial charge in [0.25, 0.3) is 0 Å². The number of para-hydroxylation sites is 1. The van der Waals surface area contributed by atoms with Gasteiger partial charge in [0.1, 0.15) is 6.04 Å². The standard InChI is InChI=1S/C17H20N2O4/c1-10-14(12-6-2-3-7-13(12)18-10)15(17(22)23)19-8-4-5-11(9-19)16(20)21/h2-3,6-7,11,15,18H,4-5,8-9H2,1H3,(H,20,21)(H,22,23)/t11-,15-/m1/s1. The molecule has 2 atom stereocenters. The third-order valence-corrected chi connectivity index (χ3v) is 4.62. The number of carboxylic acid groups (broad SMARTS) is 2. The van der Waals surface area contributed by atoms with Crippen molar-refractivity contribution in [2.75, 3.05) is 13.1 Å². The quantitative estimate of drug-likeness (QED) is 0.805. The van der Waals surface area contributed by atoms with Gasteiger partial charge < -0.3 is 15.2 Å². The molecule has 1 saturated heterocycles. The van der Waals surface area contributed by atoms with Crippen LogP contribution in [-0.4, -0.2) is 45.1 Å². The Morgan fingerprint density at radius 3 is 2.74 bits per heavy atom. The van der Waals surface area contributed by atoms with E-state index in [9.17, 15) is 19.8 Å². The summed E-state index contributed by atoms with van der Waals surface area (Å²) in [5.74, 6) is -2.30. The van der Waals surface area contributed by atoms with Crippen molar-refractivity contribution in [2.24, 2.45) is 5.92 Å². The van der Waals surface area contributed by atoms with Crippen LogP contribution < -0.4 is 0 Å². The number of benzene rings is 1. The zero-order valence-corrected chi connectivity index (χ0v) is 13.0. The summed E-state index contributed by atoms with van der Waals surface area (Å²) in [6, 6.07) is 6.78. The van der Waals surface area contributed by atoms with Crippen LogP contribution >= 0.6 is 0 Å². The minimum Gasteiger partial charge on any atom is -0.481 e. The molecular formula is C17H20N2O4. The predicted octanol–water partition coefficient (Wildman–Crippen LogP) is 2.40. The molecule has 3 N–H and O–H groups in total. The van der Waals surface area contributed by atoms with Crippen molar-refractivity contribution < 1.29 is 19.8 Å². The van der Waals surface area contributed by atoms with Crippen LogP contribution in [0.1, 0.15) is 30.1 Å². The number of fused-ring (bicyclic) bond motifs is 1. The first-order valence-electron chi connectivity index (χ1n) is 7.76. The lowest BCUT2D eigenvalue weighted by atomic mass is 9.94. The van der Waals surface area contributed by atoms with Gasteiger partial charge in [0, 0.05) is 28.7 Å². The number of carboxylic acids is 2. The van der Waals surface area contributed by atoms with Gasteiger partial charge in [-0.05, 0) is 32.4 Å². The lowest BCUT2D eigenvalue weighted by molar-refractivity contribution is -0.149. The third kappa shape index (κ3) is 2.82. The van der Waals surface area contributed by atoms with Crippen molar-refractivity contribution in [1.82, 2.24) is 9.88 Å². The number of aryl methyl sites for hydroxylation is 1. The van der Waals surface area contributed by atoms with E-state index in [2.05, 4.69) is 4.98 Å². The smallest absolute Gasteiger partial charge is 0.325 e. The molecule has 1 aromatic heterocycles. The Kier molecular flexibility index (Phi) is 4.09. The monoisotopic (exact) mass is 316 g/mol. The van der Waals surface area contributed by atoms with Crippen molar-refractivity contribution in [3.63, 3.8) is 0 Å². The van der Waals surface area contributed by atoms with E-state index in [1.165, 1.54) is 0 Å². The number of carbonyl (C=O) groups is 2. The molecule has 1 aliphatic heterocycles. The fourth-order valence-corrected chi connectivity index (χ4v) is 3.56. The largest absolute Gasteiger partial charge is 0.481 e. The van der Waals surface area contributed by atoms with E-state index < -0.39 is 23.9 Å². The van der Waals surface area contributed by atoms with Crippen LogP contribution in [0.2, 0.25) is 0 Å². The third-order valence-electron chi connectivity index (χ3n) is 4.62. The minimum atomic E-state index is -0.941. The number of H-pyrrole nitrogens is 1. The maximum Gasteiger partial charge on any atom is 0.325 e. The van der Waals surface area contributed by atoms with Gasteiger partial charge in [0.15, 0.2) is 0 Å². The number of aliphatic carboxylic acids is 2. The van der Waals surface area contributed by atoms with Gasteiger partial charge in [-0.25, -0.2) is 0 Å². The number of nitrogens with zero attached hydrogens (tertiary/aromatic N) is 1. The fourth-order valence-electron chi connectivity index (χ4n) is 3.56. The highest BCUT2D eigenvalue weighted by Gasteiger charge is 2.36. The second-order valence-electron chi connectivity index (χ2n) is 6.12. The maximum atomic E-state index is 12.0. The molecule has 1 aliphatic rings. The Bertz CT molecular complexity index is 752. The van der Waals surface area contributed by atoms with Crippen molar-refractivity contribution >= 4 is 22.8 Å². The summed E-state index contributed by atoms with van der Waals surface area (Å²) in [5.41, 5.74) is 2.45. The Morgan fingerprint density at radius 2 is 2.04 bits per heavy atom. The summed E-state index contributed by atoms with van der Waals surface area (Å²) in [7, 11) is 0. The number of aromatic amines is 1. The van der Waals surface area contributed by atoms with E-state index in [1.54, 1.807) is 4.90 Å². The molecule has 2 aromatic rings. The molecule has 0 spiro atoms. The first-order chi connectivity index (χ1) is 11.0. The lowest BCUT2D eigenvalue weighted by Crippen LogP contribution is -2.43. The predicted molar refractivity (Wildman–Crippen MR) is 85.3 cm³/mol. The van der Waals surface area contributed by atoms with Crippen molar-refractivity contribution in [2.45, 2.75) is 25.8 Å². The molecule has 2 heterocycles. The second-order valence-corrected chi connectivity index (χ2v) is 6.12. The number of aromatic nitrogens is 1. The molecule has 0 radical (unpaired) electrons. The summed E-state index contributed by atoms with van der Waals surface area (Å²) in [4.78, 5) is 28.3. The fraction of sp³-hybridized carbons (Fsp3) is 0.412. The molecule has 0 saturated carbocycles. The zero-order chi connectivity index (χ0) is 16.6. The van der Waals surface area contributed by atoms with Gasteiger partial charge in [-0.2, -0.15) is 0 Å². The Hall–Kier alpha value is -2.34. The minimum absolute atomic E-state index is 0.269. The van der Waals surface area contributed by atoms with E-state index >= 15 is 0 Å². The highest BCUT2D eigenvalue weighted by molar-refractivity contribution is 5.90. The van der Waals surface area contributed by atoms with Crippen LogP contribution in [0.4, 0.5) is 0 Å². The number of likely N-dealkylation sites (tertiary alicyclic amines) is 1. The molecule has 0 unspecified atom stereocenters. The summed E-state index contributed by atoms with van der Waals surface area (Å²) < 4.78 is 0. The normalized spacial score (nSPS) is 20.5. The molecule has 1 aromatic carbocycles. The summed E-state index contributed by atoms with van der Waals surface area (Å²) in [6.07, 6.45) is 1.30. The number of rotatable bonds is 4. The van der Waals surface area contributed by atoms with Crippen LogP contribution in [-0.2, 0) is 9.59 Å². The van der Waals surface area contributed by atoms with Gasteiger partial charge in [0.05, 0.1) is 5.92 Å². The number of nitrogens with one attached hydrogen (secondary N) is 1. The average molecular weight is 316 g/mol. The van der Waals surface area contributed by atoms with Gasteiger partial charge >= 0.3 is 11.9 Å². The molecule has 122 valence electrons. The second kappa shape index (κ2) is 6.04. The SMILES string of the molecule is Cc1[nH]c2ccccc2c1[C@H](C(=O)O)N1CCC[C@@H](C(=O)O)C1. The highest BCUT2D eigenvalue weighted by atomic mass is 16.4. The topological polar surface area (TPSA) is 93.6 Å². The molecule has 1 fully saturated rings. The average Bonchev–Trinajstić information content (AvgIpc) is 2.84. The molecule has 3 rings (SSSR count).